The Hall–Kier alpha value is -1.92. The highest BCUT2D eigenvalue weighted by Crippen LogP contribution is 2.29. The molecule has 2 aromatic carbocycles. The van der Waals surface area contributed by atoms with E-state index in [9.17, 15) is 13.6 Å². The van der Waals surface area contributed by atoms with E-state index in [0.717, 1.165) is 11.1 Å². The van der Waals surface area contributed by atoms with Crippen LogP contribution in [0.3, 0.4) is 0 Å². The van der Waals surface area contributed by atoms with E-state index in [-0.39, 0.29) is 12.4 Å². The molecule has 1 atom stereocenters. The lowest BCUT2D eigenvalue weighted by atomic mass is 9.95. The molecule has 0 saturated heterocycles. The average molecular weight is 423 g/mol. The van der Waals surface area contributed by atoms with Crippen molar-refractivity contribution in [3.8, 4) is 11.1 Å². The quantitative estimate of drug-likeness (QED) is 0.296. The molecular formula is C23H32F2N2OS. The van der Waals surface area contributed by atoms with Crippen LogP contribution in [0.1, 0.15) is 45.7 Å². The Labute approximate surface area is 177 Å². The minimum atomic E-state index is -1.49. The molecular weight excluding hydrogens is 390 g/mol. The summed E-state index contributed by atoms with van der Waals surface area (Å²) in [7, 11) is 0. The first-order valence-electron chi connectivity index (χ1n) is 9.97. The van der Waals surface area contributed by atoms with Crippen LogP contribution < -0.4 is 10.0 Å². The molecule has 0 spiro atoms. The van der Waals surface area contributed by atoms with Crippen molar-refractivity contribution in [1.29, 1.82) is 0 Å². The summed E-state index contributed by atoms with van der Waals surface area (Å²) in [5.74, 6) is -0.311. The van der Waals surface area contributed by atoms with E-state index in [1.165, 1.54) is 18.0 Å². The summed E-state index contributed by atoms with van der Waals surface area (Å²) in [6.45, 7) is 10.3. The first-order chi connectivity index (χ1) is 13.8. The third kappa shape index (κ3) is 8.15. The molecule has 3 nitrogen and oxygen atoms in total. The van der Waals surface area contributed by atoms with Gasteiger partial charge in [-0.15, -0.1) is 0 Å². The number of carbonyl (C=O) groups is 1. The Kier molecular flexibility index (Phi) is 10.9. The molecule has 0 aliphatic heterocycles. The lowest BCUT2D eigenvalue weighted by Crippen LogP contribution is -2.29. The van der Waals surface area contributed by atoms with Gasteiger partial charge in [0, 0.05) is 18.3 Å². The number of carbonyl (C=O) groups excluding carboxylic acids is 1. The van der Waals surface area contributed by atoms with Gasteiger partial charge in [-0.2, -0.15) is 0 Å². The Morgan fingerprint density at radius 2 is 1.72 bits per heavy atom. The lowest BCUT2D eigenvalue weighted by Gasteiger charge is -2.22. The van der Waals surface area contributed by atoms with Gasteiger partial charge in [0.2, 0.25) is 6.41 Å². The van der Waals surface area contributed by atoms with Gasteiger partial charge >= 0.3 is 0 Å². The summed E-state index contributed by atoms with van der Waals surface area (Å²) in [4.78, 5) is 10.3. The van der Waals surface area contributed by atoms with Crippen molar-refractivity contribution >= 4 is 18.4 Å². The largest absolute Gasteiger partial charge is 0.358 e. The summed E-state index contributed by atoms with van der Waals surface area (Å²) >= 11 is 1.51. The van der Waals surface area contributed by atoms with Gasteiger partial charge in [-0.1, -0.05) is 76.0 Å². The van der Waals surface area contributed by atoms with Gasteiger partial charge in [0.15, 0.2) is 0 Å². The van der Waals surface area contributed by atoms with Crippen molar-refractivity contribution in [3.05, 3.63) is 59.4 Å². The van der Waals surface area contributed by atoms with Crippen LogP contribution in [0.5, 0.6) is 0 Å². The van der Waals surface area contributed by atoms with E-state index in [2.05, 4.69) is 10.0 Å². The first-order valence-corrected chi connectivity index (χ1v) is 10.9. The highest BCUT2D eigenvalue weighted by Gasteiger charge is 2.25. The number of hydrogen-bond acceptors (Lipinski definition) is 3. The number of alkyl halides is 1. The number of hydrogen-bond donors (Lipinski definition) is 2. The summed E-state index contributed by atoms with van der Waals surface area (Å²) in [5.41, 5.74) is 1.21. The van der Waals surface area contributed by atoms with Crippen LogP contribution in [0.15, 0.2) is 42.5 Å². The molecule has 1 amide bonds. The second-order valence-electron chi connectivity index (χ2n) is 6.89. The fourth-order valence-electron chi connectivity index (χ4n) is 2.65. The molecule has 0 saturated carbocycles. The molecule has 2 aromatic rings. The van der Waals surface area contributed by atoms with E-state index in [1.807, 2.05) is 45.9 Å². The average Bonchev–Trinajstić information content (AvgIpc) is 2.70. The molecule has 0 radical (unpaired) electrons. The predicted molar refractivity (Wildman–Crippen MR) is 120 cm³/mol. The fourth-order valence-corrected chi connectivity index (χ4v) is 3.34. The van der Waals surface area contributed by atoms with Crippen LogP contribution in [-0.4, -0.2) is 24.7 Å². The maximum Gasteiger partial charge on any atom is 0.207 e. The van der Waals surface area contributed by atoms with Crippen LogP contribution >= 0.6 is 11.9 Å². The minimum absolute atomic E-state index is 0.216. The normalized spacial score (nSPS) is 12.7. The molecule has 0 fully saturated rings. The van der Waals surface area contributed by atoms with E-state index in [4.69, 9.17) is 0 Å². The second kappa shape index (κ2) is 12.6. The van der Waals surface area contributed by atoms with Crippen molar-refractivity contribution in [2.75, 3.05) is 13.1 Å². The molecule has 160 valence electrons. The standard InChI is InChI=1S/C21H26F2N2OS.C2H6/c1-15(2)27-25-13-21(3,23)19-8-6-16(7-9-19)18-5-4-17(20(22)12-18)10-11-24-14-26;1-2/h4-9,12,14-15,25H,10-11,13H2,1-3H3,(H,24,26);1-2H3. The van der Waals surface area contributed by atoms with Gasteiger partial charge in [-0.3, -0.25) is 9.52 Å². The van der Waals surface area contributed by atoms with Gasteiger partial charge < -0.3 is 5.32 Å². The topological polar surface area (TPSA) is 41.1 Å². The van der Waals surface area contributed by atoms with Crippen molar-refractivity contribution in [1.82, 2.24) is 10.0 Å². The highest BCUT2D eigenvalue weighted by molar-refractivity contribution is 7.97. The van der Waals surface area contributed by atoms with Gasteiger partial charge in [-0.25, -0.2) is 8.78 Å². The van der Waals surface area contributed by atoms with E-state index in [0.29, 0.717) is 35.8 Å². The molecule has 0 heterocycles. The number of benzene rings is 2. The van der Waals surface area contributed by atoms with Gasteiger partial charge in [-0.05, 0) is 41.7 Å². The highest BCUT2D eigenvalue weighted by atomic mass is 32.2. The van der Waals surface area contributed by atoms with E-state index < -0.39 is 5.67 Å². The summed E-state index contributed by atoms with van der Waals surface area (Å²) in [6.07, 6.45) is 1.04. The van der Waals surface area contributed by atoms with E-state index >= 15 is 0 Å². The summed E-state index contributed by atoms with van der Waals surface area (Å²) in [5, 5.41) is 2.91. The van der Waals surface area contributed by atoms with Crippen LogP contribution in [0.4, 0.5) is 8.78 Å². The molecule has 0 bridgehead atoms. The van der Waals surface area contributed by atoms with Crippen molar-refractivity contribution in [2.24, 2.45) is 0 Å². The Balaban J connectivity index is 0.00000204. The Bertz CT molecular complexity index is 749. The zero-order valence-electron chi connectivity index (χ0n) is 17.9. The van der Waals surface area contributed by atoms with Gasteiger partial charge in [0.1, 0.15) is 11.5 Å². The lowest BCUT2D eigenvalue weighted by molar-refractivity contribution is -0.109. The van der Waals surface area contributed by atoms with Crippen molar-refractivity contribution in [2.45, 2.75) is 52.0 Å². The number of rotatable bonds is 10. The molecule has 0 aromatic heterocycles. The molecule has 1 unspecified atom stereocenters. The molecule has 6 heteroatoms. The Morgan fingerprint density at radius 3 is 2.28 bits per heavy atom. The monoisotopic (exact) mass is 422 g/mol. The van der Waals surface area contributed by atoms with Crippen LogP contribution in [0, 0.1) is 5.82 Å². The van der Waals surface area contributed by atoms with Gasteiger partial charge in [0.05, 0.1) is 0 Å². The second-order valence-corrected chi connectivity index (χ2v) is 8.36. The Morgan fingerprint density at radius 1 is 1.10 bits per heavy atom. The smallest absolute Gasteiger partial charge is 0.207 e. The summed E-state index contributed by atoms with van der Waals surface area (Å²) in [6, 6.07) is 12.1. The first kappa shape index (κ1) is 25.1. The van der Waals surface area contributed by atoms with E-state index in [1.54, 1.807) is 25.1 Å². The number of nitrogens with one attached hydrogen (secondary N) is 2. The van der Waals surface area contributed by atoms with Crippen LogP contribution in [0.25, 0.3) is 11.1 Å². The molecule has 0 aliphatic carbocycles. The van der Waals surface area contributed by atoms with Crippen molar-refractivity contribution < 1.29 is 13.6 Å². The SMILES string of the molecule is CC.CC(C)SNCC(C)(F)c1ccc(-c2ccc(CCNC=O)c(F)c2)cc1. The zero-order valence-corrected chi connectivity index (χ0v) is 18.7. The minimum Gasteiger partial charge on any atom is -0.358 e. The summed E-state index contributed by atoms with van der Waals surface area (Å²) < 4.78 is 32.2. The predicted octanol–water partition coefficient (Wildman–Crippen LogP) is 5.64. The molecule has 0 aliphatic rings. The third-order valence-electron chi connectivity index (χ3n) is 4.22. The zero-order chi connectivity index (χ0) is 21.9. The third-order valence-corrected chi connectivity index (χ3v) is 5.00. The number of halogens is 2. The van der Waals surface area contributed by atoms with Crippen LogP contribution in [-0.2, 0) is 16.9 Å². The van der Waals surface area contributed by atoms with Gasteiger partial charge in [0.25, 0.3) is 0 Å². The maximum atomic E-state index is 14.9. The maximum absolute atomic E-state index is 14.9. The van der Waals surface area contributed by atoms with Crippen molar-refractivity contribution in [3.63, 3.8) is 0 Å². The fraction of sp³-hybridized carbons (Fsp3) is 0.435. The number of amides is 1. The molecule has 2 N–H and O–H groups in total. The molecule has 29 heavy (non-hydrogen) atoms. The molecule has 2 rings (SSSR count). The van der Waals surface area contributed by atoms with Crippen LogP contribution in [0.2, 0.25) is 0 Å².